The van der Waals surface area contributed by atoms with E-state index in [2.05, 4.69) is 15.9 Å². The second-order valence-corrected chi connectivity index (χ2v) is 8.38. The first-order valence-electron chi connectivity index (χ1n) is 6.61. The molecule has 0 spiro atoms. The third kappa shape index (κ3) is 3.20. The highest BCUT2D eigenvalue weighted by Gasteiger charge is 2.33. The number of nitrogens with zero attached hydrogens (tertiary/aromatic N) is 1. The molecule has 1 fully saturated rings. The zero-order chi connectivity index (χ0) is 14.0. The van der Waals surface area contributed by atoms with Gasteiger partial charge in [-0.15, -0.1) is 0 Å². The van der Waals surface area contributed by atoms with Gasteiger partial charge in [0.2, 0.25) is 10.0 Å². The summed E-state index contributed by atoms with van der Waals surface area (Å²) in [6.07, 6.45) is 4.24. The Balaban J connectivity index is 2.25. The van der Waals surface area contributed by atoms with Gasteiger partial charge in [0, 0.05) is 17.9 Å². The maximum absolute atomic E-state index is 12.6. The number of aryl methyl sites for hydroxylation is 1. The molecule has 0 bridgehead atoms. The van der Waals surface area contributed by atoms with E-state index in [0.29, 0.717) is 4.90 Å². The highest BCUT2D eigenvalue weighted by atomic mass is 79.9. The summed E-state index contributed by atoms with van der Waals surface area (Å²) >= 11 is 3.63. The molecule has 0 N–H and O–H groups in total. The SMILES string of the molecule is Cc1ccc(S(=O)(=O)N(C)C2CCCCC2Br)cc1. The standard InChI is InChI=1S/C14H20BrNO2S/c1-11-7-9-12(10-8-11)19(17,18)16(2)14-6-4-3-5-13(14)15/h7-10,13-14H,3-6H2,1-2H3. The molecule has 1 aromatic rings. The van der Waals surface area contributed by atoms with Crippen LogP contribution in [0, 0.1) is 6.92 Å². The number of rotatable bonds is 3. The third-order valence-corrected chi connectivity index (χ3v) is 6.78. The van der Waals surface area contributed by atoms with Crippen LogP contribution in [0.1, 0.15) is 31.2 Å². The minimum absolute atomic E-state index is 0.0556. The predicted molar refractivity (Wildman–Crippen MR) is 81.1 cm³/mol. The molecule has 0 radical (unpaired) electrons. The Bertz CT molecular complexity index is 527. The lowest BCUT2D eigenvalue weighted by Gasteiger charge is -2.34. The number of hydrogen-bond donors (Lipinski definition) is 0. The monoisotopic (exact) mass is 345 g/mol. The van der Waals surface area contributed by atoms with Crippen LogP contribution in [0.15, 0.2) is 29.2 Å². The van der Waals surface area contributed by atoms with Crippen molar-refractivity contribution >= 4 is 26.0 Å². The second-order valence-electron chi connectivity index (χ2n) is 5.20. The number of halogens is 1. The molecule has 0 aliphatic heterocycles. The van der Waals surface area contributed by atoms with Crippen LogP contribution in [-0.4, -0.2) is 30.6 Å². The van der Waals surface area contributed by atoms with Gasteiger partial charge in [-0.05, 0) is 31.9 Å². The Morgan fingerprint density at radius 2 is 1.74 bits per heavy atom. The minimum atomic E-state index is -3.38. The molecule has 0 saturated heterocycles. The fourth-order valence-corrected chi connectivity index (χ4v) is 5.05. The highest BCUT2D eigenvalue weighted by molar-refractivity contribution is 9.09. The summed E-state index contributed by atoms with van der Waals surface area (Å²) in [7, 11) is -1.69. The van der Waals surface area contributed by atoms with Gasteiger partial charge in [-0.1, -0.05) is 46.5 Å². The molecule has 0 aromatic heterocycles. The van der Waals surface area contributed by atoms with Crippen molar-refractivity contribution in [2.45, 2.75) is 48.4 Å². The van der Waals surface area contributed by atoms with E-state index < -0.39 is 10.0 Å². The topological polar surface area (TPSA) is 37.4 Å². The lowest BCUT2D eigenvalue weighted by Crippen LogP contribution is -2.43. The zero-order valence-electron chi connectivity index (χ0n) is 11.3. The Morgan fingerprint density at radius 1 is 1.16 bits per heavy atom. The minimum Gasteiger partial charge on any atom is -0.207 e. The quantitative estimate of drug-likeness (QED) is 0.788. The lowest BCUT2D eigenvalue weighted by atomic mass is 9.96. The summed E-state index contributed by atoms with van der Waals surface area (Å²) in [5.41, 5.74) is 1.07. The van der Waals surface area contributed by atoms with Crippen molar-refractivity contribution in [1.82, 2.24) is 4.31 Å². The van der Waals surface area contributed by atoms with Crippen molar-refractivity contribution in [2.24, 2.45) is 0 Å². The average molecular weight is 346 g/mol. The lowest BCUT2D eigenvalue weighted by molar-refractivity contribution is 0.297. The van der Waals surface area contributed by atoms with Gasteiger partial charge in [-0.3, -0.25) is 0 Å². The summed E-state index contributed by atoms with van der Waals surface area (Å²) in [6, 6.07) is 7.11. The highest BCUT2D eigenvalue weighted by Crippen LogP contribution is 2.30. The molecular weight excluding hydrogens is 326 g/mol. The first-order chi connectivity index (χ1) is 8.93. The number of benzene rings is 1. The Morgan fingerprint density at radius 3 is 2.32 bits per heavy atom. The molecule has 2 atom stereocenters. The van der Waals surface area contributed by atoms with Crippen LogP contribution in [0.4, 0.5) is 0 Å². The maximum Gasteiger partial charge on any atom is 0.243 e. The van der Waals surface area contributed by atoms with Crippen LogP contribution in [0.25, 0.3) is 0 Å². The van der Waals surface area contributed by atoms with E-state index in [9.17, 15) is 8.42 Å². The van der Waals surface area contributed by atoms with Crippen LogP contribution in [-0.2, 0) is 10.0 Å². The predicted octanol–water partition coefficient (Wildman–Crippen LogP) is 3.32. The summed E-state index contributed by atoms with van der Waals surface area (Å²) < 4.78 is 26.7. The summed E-state index contributed by atoms with van der Waals surface area (Å²) in [5.74, 6) is 0. The fourth-order valence-electron chi connectivity index (χ4n) is 2.53. The Hall–Kier alpha value is -0.390. The van der Waals surface area contributed by atoms with Gasteiger partial charge in [0.1, 0.15) is 0 Å². The zero-order valence-corrected chi connectivity index (χ0v) is 13.7. The summed E-state index contributed by atoms with van der Waals surface area (Å²) in [4.78, 5) is 0.636. The largest absolute Gasteiger partial charge is 0.243 e. The van der Waals surface area contributed by atoms with Gasteiger partial charge in [-0.25, -0.2) is 8.42 Å². The molecule has 106 valence electrons. The average Bonchev–Trinajstić information content (AvgIpc) is 2.39. The van der Waals surface area contributed by atoms with Crippen LogP contribution in [0.3, 0.4) is 0 Å². The molecule has 1 aliphatic rings. The van der Waals surface area contributed by atoms with E-state index in [0.717, 1.165) is 24.8 Å². The first kappa shape index (κ1) is 15.0. The van der Waals surface area contributed by atoms with Gasteiger partial charge in [0.15, 0.2) is 0 Å². The number of sulfonamides is 1. The first-order valence-corrected chi connectivity index (χ1v) is 8.97. The fraction of sp³-hybridized carbons (Fsp3) is 0.571. The van der Waals surface area contributed by atoms with Gasteiger partial charge in [0.25, 0.3) is 0 Å². The van der Waals surface area contributed by atoms with Gasteiger partial charge in [0.05, 0.1) is 4.90 Å². The molecule has 0 amide bonds. The van der Waals surface area contributed by atoms with Gasteiger partial charge >= 0.3 is 0 Å². The second kappa shape index (κ2) is 5.94. The smallest absolute Gasteiger partial charge is 0.207 e. The van der Waals surface area contributed by atoms with E-state index in [1.807, 2.05) is 19.1 Å². The molecule has 3 nitrogen and oxygen atoms in total. The van der Waals surface area contributed by atoms with Crippen molar-refractivity contribution in [1.29, 1.82) is 0 Å². The van der Waals surface area contributed by atoms with Crippen molar-refractivity contribution in [2.75, 3.05) is 7.05 Å². The van der Waals surface area contributed by atoms with Crippen LogP contribution < -0.4 is 0 Å². The van der Waals surface area contributed by atoms with Crippen molar-refractivity contribution in [3.8, 4) is 0 Å². The molecule has 1 saturated carbocycles. The van der Waals surface area contributed by atoms with E-state index in [1.54, 1.807) is 19.2 Å². The van der Waals surface area contributed by atoms with E-state index in [1.165, 1.54) is 10.7 Å². The van der Waals surface area contributed by atoms with Gasteiger partial charge < -0.3 is 0 Å². The van der Waals surface area contributed by atoms with Crippen molar-refractivity contribution < 1.29 is 8.42 Å². The van der Waals surface area contributed by atoms with Crippen molar-refractivity contribution in [3.63, 3.8) is 0 Å². The normalized spacial score (nSPS) is 24.6. The Labute approximate surface area is 124 Å². The third-order valence-electron chi connectivity index (χ3n) is 3.81. The van der Waals surface area contributed by atoms with Crippen LogP contribution in [0.2, 0.25) is 0 Å². The molecule has 0 heterocycles. The van der Waals surface area contributed by atoms with E-state index >= 15 is 0 Å². The molecule has 1 aliphatic carbocycles. The van der Waals surface area contributed by atoms with Crippen LogP contribution in [0.5, 0.6) is 0 Å². The molecule has 2 unspecified atom stereocenters. The molecule has 19 heavy (non-hydrogen) atoms. The van der Waals surface area contributed by atoms with E-state index in [-0.39, 0.29) is 10.9 Å². The number of hydrogen-bond acceptors (Lipinski definition) is 2. The van der Waals surface area contributed by atoms with Crippen molar-refractivity contribution in [3.05, 3.63) is 29.8 Å². The summed E-state index contributed by atoms with van der Waals surface area (Å²) in [6.45, 7) is 1.95. The summed E-state index contributed by atoms with van der Waals surface area (Å²) in [5, 5.41) is 0. The molecular formula is C14H20BrNO2S. The molecule has 5 heteroatoms. The number of alkyl halides is 1. The molecule has 1 aromatic carbocycles. The van der Waals surface area contributed by atoms with E-state index in [4.69, 9.17) is 0 Å². The van der Waals surface area contributed by atoms with Gasteiger partial charge in [-0.2, -0.15) is 4.31 Å². The Kier molecular flexibility index (Phi) is 4.69. The molecule has 2 rings (SSSR count). The van der Waals surface area contributed by atoms with Crippen LogP contribution >= 0.6 is 15.9 Å². The maximum atomic E-state index is 12.6.